The number of benzene rings is 1. The van der Waals surface area contributed by atoms with Crippen LogP contribution in [0.5, 0.6) is 0 Å². The highest BCUT2D eigenvalue weighted by Crippen LogP contribution is 2.10. The fourth-order valence-electron chi connectivity index (χ4n) is 2.02. The Bertz CT molecular complexity index is 555. The van der Waals surface area contributed by atoms with Crippen LogP contribution in [0.15, 0.2) is 41.8 Å². The highest BCUT2D eigenvalue weighted by Gasteiger charge is 2.04. The van der Waals surface area contributed by atoms with Crippen LogP contribution >= 0.6 is 11.3 Å². The molecule has 2 aromatic rings. The van der Waals surface area contributed by atoms with Crippen molar-refractivity contribution in [3.63, 3.8) is 0 Å². The molecule has 4 nitrogen and oxygen atoms in total. The standard InChI is InChI=1S/C16H20N2O2S/c1-20-12-14-6-3-2-5-13(14)11-18-16(19)17-9-8-15-7-4-10-21-15/h2-7,10H,8-9,11-12H2,1H3,(H2,17,18,19). The predicted molar refractivity (Wildman–Crippen MR) is 85.4 cm³/mol. The molecule has 0 radical (unpaired) electrons. The molecule has 0 saturated carbocycles. The topological polar surface area (TPSA) is 50.4 Å². The van der Waals surface area contributed by atoms with Gasteiger partial charge in [-0.3, -0.25) is 0 Å². The molecule has 0 fully saturated rings. The maximum atomic E-state index is 11.8. The van der Waals surface area contributed by atoms with Gasteiger partial charge in [-0.15, -0.1) is 11.3 Å². The molecule has 5 heteroatoms. The molecular formula is C16H20N2O2S. The molecule has 0 aliphatic heterocycles. The Labute approximate surface area is 129 Å². The van der Waals surface area contributed by atoms with Crippen molar-refractivity contribution in [3.8, 4) is 0 Å². The van der Waals surface area contributed by atoms with E-state index in [1.165, 1.54) is 4.88 Å². The lowest BCUT2D eigenvalue weighted by Gasteiger charge is -2.10. The van der Waals surface area contributed by atoms with Crippen LogP contribution < -0.4 is 10.6 Å². The van der Waals surface area contributed by atoms with E-state index in [2.05, 4.69) is 16.7 Å². The van der Waals surface area contributed by atoms with Gasteiger partial charge in [0.2, 0.25) is 0 Å². The average Bonchev–Trinajstić information content (AvgIpc) is 3.00. The number of methoxy groups -OCH3 is 1. The molecule has 1 aromatic carbocycles. The van der Waals surface area contributed by atoms with Gasteiger partial charge >= 0.3 is 6.03 Å². The van der Waals surface area contributed by atoms with E-state index in [1.807, 2.05) is 35.7 Å². The molecule has 0 saturated heterocycles. The van der Waals surface area contributed by atoms with Gasteiger partial charge in [0.25, 0.3) is 0 Å². The molecule has 21 heavy (non-hydrogen) atoms. The second-order valence-corrected chi connectivity index (χ2v) is 5.67. The lowest BCUT2D eigenvalue weighted by atomic mass is 10.1. The Kier molecular flexibility index (Phi) is 6.24. The molecule has 0 aliphatic rings. The molecule has 1 heterocycles. The van der Waals surface area contributed by atoms with E-state index in [0.29, 0.717) is 19.7 Å². The van der Waals surface area contributed by atoms with Gasteiger partial charge in [0.05, 0.1) is 6.61 Å². The van der Waals surface area contributed by atoms with Crippen molar-refractivity contribution in [2.24, 2.45) is 0 Å². The molecular weight excluding hydrogens is 284 g/mol. The van der Waals surface area contributed by atoms with Gasteiger partial charge in [0.15, 0.2) is 0 Å². The summed E-state index contributed by atoms with van der Waals surface area (Å²) < 4.78 is 5.15. The number of thiophene rings is 1. The number of ether oxygens (including phenoxy) is 1. The average molecular weight is 304 g/mol. The van der Waals surface area contributed by atoms with E-state index < -0.39 is 0 Å². The highest BCUT2D eigenvalue weighted by molar-refractivity contribution is 7.09. The predicted octanol–water partition coefficient (Wildman–Crippen LogP) is 2.94. The molecule has 0 bridgehead atoms. The van der Waals surface area contributed by atoms with Crippen LogP contribution in [-0.4, -0.2) is 19.7 Å². The van der Waals surface area contributed by atoms with Crippen molar-refractivity contribution in [2.75, 3.05) is 13.7 Å². The number of amides is 2. The lowest BCUT2D eigenvalue weighted by Crippen LogP contribution is -2.36. The number of hydrogen-bond acceptors (Lipinski definition) is 3. The summed E-state index contributed by atoms with van der Waals surface area (Å²) in [4.78, 5) is 13.0. The van der Waals surface area contributed by atoms with Crippen molar-refractivity contribution in [1.82, 2.24) is 10.6 Å². The van der Waals surface area contributed by atoms with Gasteiger partial charge in [0, 0.05) is 25.1 Å². The largest absolute Gasteiger partial charge is 0.380 e. The van der Waals surface area contributed by atoms with E-state index in [4.69, 9.17) is 4.74 Å². The van der Waals surface area contributed by atoms with E-state index in [0.717, 1.165) is 17.5 Å². The third-order valence-corrected chi connectivity index (χ3v) is 4.03. The van der Waals surface area contributed by atoms with Crippen LogP contribution in [0, 0.1) is 0 Å². The Morgan fingerprint density at radius 1 is 1.14 bits per heavy atom. The second kappa shape index (κ2) is 8.44. The molecule has 0 spiro atoms. The van der Waals surface area contributed by atoms with Gasteiger partial charge < -0.3 is 15.4 Å². The lowest BCUT2D eigenvalue weighted by molar-refractivity contribution is 0.184. The third-order valence-electron chi connectivity index (χ3n) is 3.09. The Balaban J connectivity index is 1.73. The molecule has 0 unspecified atom stereocenters. The van der Waals surface area contributed by atoms with Crippen molar-refractivity contribution in [1.29, 1.82) is 0 Å². The highest BCUT2D eigenvalue weighted by atomic mass is 32.1. The Hall–Kier alpha value is -1.85. The smallest absolute Gasteiger partial charge is 0.315 e. The van der Waals surface area contributed by atoms with Crippen LogP contribution in [0.4, 0.5) is 4.79 Å². The van der Waals surface area contributed by atoms with E-state index >= 15 is 0 Å². The maximum absolute atomic E-state index is 11.8. The van der Waals surface area contributed by atoms with Crippen molar-refractivity contribution in [2.45, 2.75) is 19.6 Å². The summed E-state index contributed by atoms with van der Waals surface area (Å²) in [5, 5.41) is 7.79. The fourth-order valence-corrected chi connectivity index (χ4v) is 2.73. The molecule has 0 atom stereocenters. The summed E-state index contributed by atoms with van der Waals surface area (Å²) in [6, 6.07) is 11.9. The Morgan fingerprint density at radius 3 is 2.67 bits per heavy atom. The zero-order valence-corrected chi connectivity index (χ0v) is 12.9. The Morgan fingerprint density at radius 2 is 1.95 bits per heavy atom. The molecule has 2 rings (SSSR count). The minimum Gasteiger partial charge on any atom is -0.380 e. The number of carbonyl (C=O) groups is 1. The van der Waals surface area contributed by atoms with Crippen LogP contribution in [-0.2, 0) is 24.3 Å². The van der Waals surface area contributed by atoms with Gasteiger partial charge in [-0.1, -0.05) is 30.3 Å². The molecule has 2 N–H and O–H groups in total. The first kappa shape index (κ1) is 15.5. The van der Waals surface area contributed by atoms with Crippen LogP contribution in [0.25, 0.3) is 0 Å². The second-order valence-electron chi connectivity index (χ2n) is 4.64. The molecule has 112 valence electrons. The van der Waals surface area contributed by atoms with Gasteiger partial charge in [-0.05, 0) is 29.0 Å². The summed E-state index contributed by atoms with van der Waals surface area (Å²) in [5.74, 6) is 0. The number of nitrogens with one attached hydrogen (secondary N) is 2. The number of hydrogen-bond donors (Lipinski definition) is 2. The fraction of sp³-hybridized carbons (Fsp3) is 0.312. The molecule has 0 aliphatic carbocycles. The van der Waals surface area contributed by atoms with Crippen molar-refractivity contribution < 1.29 is 9.53 Å². The van der Waals surface area contributed by atoms with E-state index in [9.17, 15) is 4.79 Å². The zero-order valence-electron chi connectivity index (χ0n) is 12.1. The summed E-state index contributed by atoms with van der Waals surface area (Å²) >= 11 is 1.71. The SMILES string of the molecule is COCc1ccccc1CNC(=O)NCCc1cccs1. The van der Waals surface area contributed by atoms with E-state index in [-0.39, 0.29) is 6.03 Å². The maximum Gasteiger partial charge on any atom is 0.315 e. The van der Waals surface area contributed by atoms with Gasteiger partial charge in [-0.2, -0.15) is 0 Å². The molecule has 1 aromatic heterocycles. The van der Waals surface area contributed by atoms with Crippen molar-refractivity contribution in [3.05, 3.63) is 57.8 Å². The molecule has 2 amide bonds. The quantitative estimate of drug-likeness (QED) is 0.826. The van der Waals surface area contributed by atoms with Gasteiger partial charge in [-0.25, -0.2) is 4.79 Å². The summed E-state index contributed by atoms with van der Waals surface area (Å²) in [6.07, 6.45) is 0.866. The monoisotopic (exact) mass is 304 g/mol. The minimum atomic E-state index is -0.140. The van der Waals surface area contributed by atoms with Crippen molar-refractivity contribution >= 4 is 17.4 Å². The number of urea groups is 1. The summed E-state index contributed by atoms with van der Waals surface area (Å²) in [5.41, 5.74) is 2.17. The number of rotatable bonds is 7. The zero-order chi connectivity index (χ0) is 14.9. The summed E-state index contributed by atoms with van der Waals surface area (Å²) in [7, 11) is 1.67. The summed E-state index contributed by atoms with van der Waals surface area (Å²) in [6.45, 7) is 1.70. The number of carbonyl (C=O) groups excluding carboxylic acids is 1. The van der Waals surface area contributed by atoms with E-state index in [1.54, 1.807) is 18.4 Å². The minimum absolute atomic E-state index is 0.140. The first-order chi connectivity index (χ1) is 10.3. The third kappa shape index (κ3) is 5.21. The van der Waals surface area contributed by atoms with Crippen LogP contribution in [0.2, 0.25) is 0 Å². The normalized spacial score (nSPS) is 10.3. The first-order valence-corrected chi connectivity index (χ1v) is 7.77. The first-order valence-electron chi connectivity index (χ1n) is 6.89. The van der Waals surface area contributed by atoms with Crippen LogP contribution in [0.3, 0.4) is 0 Å². The van der Waals surface area contributed by atoms with Gasteiger partial charge in [0.1, 0.15) is 0 Å². The van der Waals surface area contributed by atoms with Crippen LogP contribution in [0.1, 0.15) is 16.0 Å².